The highest BCUT2D eigenvalue weighted by molar-refractivity contribution is 6.33. The van der Waals surface area contributed by atoms with E-state index in [4.69, 9.17) is 11.6 Å². The summed E-state index contributed by atoms with van der Waals surface area (Å²) in [4.78, 5) is 21.6. The third-order valence-corrected chi connectivity index (χ3v) is 3.29. The van der Waals surface area contributed by atoms with Gasteiger partial charge in [0, 0.05) is 0 Å². The highest BCUT2D eigenvalue weighted by Gasteiger charge is 2.41. The molecule has 0 saturated carbocycles. The van der Waals surface area contributed by atoms with Gasteiger partial charge in [-0.25, -0.2) is 9.69 Å². The second-order valence-corrected chi connectivity index (χ2v) is 4.94. The van der Waals surface area contributed by atoms with Crippen molar-refractivity contribution in [2.75, 3.05) is 4.90 Å². The summed E-state index contributed by atoms with van der Waals surface area (Å²) in [6.45, 7) is 0. The van der Waals surface area contributed by atoms with Crippen LogP contribution >= 0.6 is 11.6 Å². The van der Waals surface area contributed by atoms with Gasteiger partial charge in [0.05, 0.1) is 16.3 Å². The number of rotatable bonds is 3. The molecule has 0 aliphatic heterocycles. The van der Waals surface area contributed by atoms with E-state index in [1.807, 2.05) is 0 Å². The Labute approximate surface area is 137 Å². The predicted molar refractivity (Wildman–Crippen MR) is 79.7 cm³/mol. The van der Waals surface area contributed by atoms with Gasteiger partial charge < -0.3 is 5.11 Å². The maximum absolute atomic E-state index is 13.1. The fourth-order valence-corrected chi connectivity index (χ4v) is 2.35. The third-order valence-electron chi connectivity index (χ3n) is 3.00. The van der Waals surface area contributed by atoms with Crippen LogP contribution in [0, 0.1) is 10.1 Å². The van der Waals surface area contributed by atoms with Crippen molar-refractivity contribution < 1.29 is 28.0 Å². The maximum atomic E-state index is 13.1. The number of nitro benzene ring substituents is 1. The molecule has 0 aliphatic rings. The lowest BCUT2D eigenvalue weighted by Crippen LogP contribution is -2.24. The normalized spacial score (nSPS) is 11.2. The standard InChI is InChI=1S/C14H8ClF3N2O4/c15-11-7-9(6-10(14(16,17)18)12(11)20(23)24)19(13(21)22)8-4-2-1-3-5-8/h1-7H,(H,21,22). The number of carbonyl (C=O) groups is 1. The second kappa shape index (κ2) is 6.36. The molecule has 0 bridgehead atoms. The summed E-state index contributed by atoms with van der Waals surface area (Å²) < 4.78 is 39.3. The Morgan fingerprint density at radius 2 is 1.75 bits per heavy atom. The lowest BCUT2D eigenvalue weighted by molar-refractivity contribution is -0.387. The van der Waals surface area contributed by atoms with E-state index in [0.29, 0.717) is 11.0 Å². The van der Waals surface area contributed by atoms with E-state index in [9.17, 15) is 33.2 Å². The molecule has 24 heavy (non-hydrogen) atoms. The minimum atomic E-state index is -5.08. The molecule has 0 atom stereocenters. The van der Waals surface area contributed by atoms with Crippen LogP contribution in [-0.2, 0) is 6.18 Å². The number of para-hydroxylation sites is 1. The Balaban J connectivity index is 2.72. The molecular formula is C14H8ClF3N2O4. The van der Waals surface area contributed by atoms with Gasteiger partial charge in [-0.1, -0.05) is 29.8 Å². The summed E-state index contributed by atoms with van der Waals surface area (Å²) in [5.74, 6) is 0. The Morgan fingerprint density at radius 3 is 2.21 bits per heavy atom. The molecule has 126 valence electrons. The highest BCUT2D eigenvalue weighted by atomic mass is 35.5. The fraction of sp³-hybridized carbons (Fsp3) is 0.0714. The number of nitro groups is 1. The lowest BCUT2D eigenvalue weighted by Gasteiger charge is -2.21. The van der Waals surface area contributed by atoms with Crippen molar-refractivity contribution in [3.63, 3.8) is 0 Å². The van der Waals surface area contributed by atoms with E-state index in [0.717, 1.165) is 6.07 Å². The molecule has 0 aliphatic carbocycles. The average Bonchev–Trinajstić information content (AvgIpc) is 2.46. The topological polar surface area (TPSA) is 83.7 Å². The van der Waals surface area contributed by atoms with Gasteiger partial charge in [0.1, 0.15) is 10.6 Å². The summed E-state index contributed by atoms with van der Waals surface area (Å²) in [5, 5.41) is 19.4. The van der Waals surface area contributed by atoms with E-state index < -0.39 is 39.2 Å². The first-order valence-corrected chi connectivity index (χ1v) is 6.64. The molecular weight excluding hydrogens is 353 g/mol. The maximum Gasteiger partial charge on any atom is 0.423 e. The second-order valence-electron chi connectivity index (χ2n) is 4.53. The molecule has 0 spiro atoms. The number of halogens is 4. The molecule has 1 amide bonds. The van der Waals surface area contributed by atoms with Crippen molar-refractivity contribution >= 4 is 34.8 Å². The number of anilines is 2. The monoisotopic (exact) mass is 360 g/mol. The zero-order valence-corrected chi connectivity index (χ0v) is 12.4. The van der Waals surface area contributed by atoms with Crippen LogP contribution in [-0.4, -0.2) is 16.1 Å². The van der Waals surface area contributed by atoms with Crippen molar-refractivity contribution in [1.82, 2.24) is 0 Å². The zero-order chi connectivity index (χ0) is 18.1. The minimum Gasteiger partial charge on any atom is -0.464 e. The van der Waals surface area contributed by atoms with Crippen LogP contribution in [0.15, 0.2) is 42.5 Å². The van der Waals surface area contributed by atoms with Gasteiger partial charge in [0.15, 0.2) is 0 Å². The summed E-state index contributed by atoms with van der Waals surface area (Å²) >= 11 is 5.61. The molecule has 0 radical (unpaired) electrons. The number of nitrogens with zero attached hydrogens (tertiary/aromatic N) is 2. The molecule has 0 heterocycles. The van der Waals surface area contributed by atoms with Crippen LogP contribution in [0.4, 0.5) is 35.0 Å². The largest absolute Gasteiger partial charge is 0.464 e. The van der Waals surface area contributed by atoms with Crippen molar-refractivity contribution in [2.45, 2.75) is 6.18 Å². The average molecular weight is 361 g/mol. The first-order chi connectivity index (χ1) is 11.1. The molecule has 0 saturated heterocycles. The van der Waals surface area contributed by atoms with Crippen molar-refractivity contribution in [3.05, 3.63) is 63.2 Å². The quantitative estimate of drug-likeness (QED) is 0.611. The van der Waals surface area contributed by atoms with Crippen LogP contribution in [0.5, 0.6) is 0 Å². The van der Waals surface area contributed by atoms with E-state index in [-0.39, 0.29) is 5.69 Å². The molecule has 6 nitrogen and oxygen atoms in total. The fourth-order valence-electron chi connectivity index (χ4n) is 2.06. The number of hydrogen-bond acceptors (Lipinski definition) is 3. The van der Waals surface area contributed by atoms with Crippen LogP contribution in [0.2, 0.25) is 5.02 Å². The highest BCUT2D eigenvalue weighted by Crippen LogP contribution is 2.43. The van der Waals surface area contributed by atoms with Gasteiger partial charge in [0.25, 0.3) is 5.69 Å². The van der Waals surface area contributed by atoms with Gasteiger partial charge in [-0.3, -0.25) is 10.1 Å². The number of hydrogen-bond donors (Lipinski definition) is 1. The Morgan fingerprint density at radius 1 is 1.17 bits per heavy atom. The van der Waals surface area contributed by atoms with Crippen molar-refractivity contribution in [2.24, 2.45) is 0 Å². The van der Waals surface area contributed by atoms with Crippen molar-refractivity contribution in [3.8, 4) is 0 Å². The summed E-state index contributed by atoms with van der Waals surface area (Å²) in [6.07, 6.45) is -6.65. The molecule has 2 aromatic rings. The van der Waals surface area contributed by atoms with E-state index >= 15 is 0 Å². The van der Waals surface area contributed by atoms with Gasteiger partial charge in [-0.2, -0.15) is 13.2 Å². The third kappa shape index (κ3) is 3.40. The van der Waals surface area contributed by atoms with Gasteiger partial charge >= 0.3 is 12.3 Å². The SMILES string of the molecule is O=C(O)N(c1ccccc1)c1cc(Cl)c([N+](=O)[O-])c(C(F)(F)F)c1. The zero-order valence-electron chi connectivity index (χ0n) is 11.6. The Hall–Kier alpha value is -2.81. The molecule has 1 N–H and O–H groups in total. The first-order valence-electron chi connectivity index (χ1n) is 6.26. The van der Waals surface area contributed by atoms with Crippen LogP contribution in [0.3, 0.4) is 0 Å². The van der Waals surface area contributed by atoms with E-state index in [1.54, 1.807) is 6.07 Å². The molecule has 0 unspecified atom stereocenters. The molecule has 2 rings (SSSR count). The van der Waals surface area contributed by atoms with Crippen LogP contribution in [0.25, 0.3) is 0 Å². The minimum absolute atomic E-state index is 0.0584. The van der Waals surface area contributed by atoms with Gasteiger partial charge in [-0.15, -0.1) is 0 Å². The smallest absolute Gasteiger partial charge is 0.423 e. The van der Waals surface area contributed by atoms with Gasteiger partial charge in [-0.05, 0) is 24.3 Å². The molecule has 10 heteroatoms. The Bertz CT molecular complexity index is 797. The Kier molecular flexibility index (Phi) is 4.65. The molecule has 0 aromatic heterocycles. The molecule has 2 aromatic carbocycles. The summed E-state index contributed by atoms with van der Waals surface area (Å²) in [5.41, 5.74) is -3.36. The number of carboxylic acid groups (broad SMARTS) is 1. The number of amides is 1. The number of benzene rings is 2. The first kappa shape index (κ1) is 17.5. The van der Waals surface area contributed by atoms with Crippen LogP contribution in [0.1, 0.15) is 5.56 Å². The van der Waals surface area contributed by atoms with E-state index in [2.05, 4.69) is 0 Å². The van der Waals surface area contributed by atoms with Crippen LogP contribution < -0.4 is 4.90 Å². The van der Waals surface area contributed by atoms with Crippen molar-refractivity contribution in [1.29, 1.82) is 0 Å². The van der Waals surface area contributed by atoms with Gasteiger partial charge in [0.2, 0.25) is 0 Å². The molecule has 0 fully saturated rings. The van der Waals surface area contributed by atoms with E-state index in [1.165, 1.54) is 24.3 Å². The lowest BCUT2D eigenvalue weighted by atomic mass is 10.1. The predicted octanol–water partition coefficient (Wildman–Crippen LogP) is 5.08. The summed E-state index contributed by atoms with van der Waals surface area (Å²) in [7, 11) is 0. The number of alkyl halides is 3. The summed E-state index contributed by atoms with van der Waals surface area (Å²) in [6, 6.07) is 8.47.